The van der Waals surface area contributed by atoms with Crippen LogP contribution in [0.3, 0.4) is 0 Å². The average Bonchev–Trinajstić information content (AvgIpc) is 3.45. The molecule has 2 aliphatic heterocycles. The smallest absolute Gasteiger partial charge is 0.267 e. The molecule has 0 unspecified atom stereocenters. The molecule has 3 aromatic rings. The van der Waals surface area contributed by atoms with E-state index in [-0.39, 0.29) is 23.1 Å². The van der Waals surface area contributed by atoms with E-state index in [1.165, 1.54) is 0 Å². The molecule has 5 rings (SSSR count). The fraction of sp³-hybridized carbons (Fsp3) is 0.524. The number of aryl methyl sites for hydroxylation is 1. The summed E-state index contributed by atoms with van der Waals surface area (Å²) in [6, 6.07) is 0.0433. The molecule has 10 nitrogen and oxygen atoms in total. The highest BCUT2D eigenvalue weighted by atomic mass is 16.5. The Morgan fingerprint density at radius 2 is 2.06 bits per heavy atom. The first-order valence-electron chi connectivity index (χ1n) is 10.5. The van der Waals surface area contributed by atoms with Gasteiger partial charge in [0, 0.05) is 44.8 Å². The minimum atomic E-state index is -0.172. The van der Waals surface area contributed by atoms with Crippen LogP contribution >= 0.6 is 0 Å². The summed E-state index contributed by atoms with van der Waals surface area (Å²) in [5.41, 5.74) is 7.71. The molecular formula is C21H26N8O2. The van der Waals surface area contributed by atoms with E-state index in [9.17, 15) is 4.79 Å². The molecule has 5 heterocycles. The van der Waals surface area contributed by atoms with Gasteiger partial charge < -0.3 is 19.9 Å². The van der Waals surface area contributed by atoms with E-state index in [0.29, 0.717) is 35.0 Å². The van der Waals surface area contributed by atoms with Crippen LogP contribution in [0.15, 0.2) is 17.3 Å². The van der Waals surface area contributed by atoms with Gasteiger partial charge in [-0.15, -0.1) is 0 Å². The maximum atomic E-state index is 13.1. The molecule has 0 saturated carbocycles. The third kappa shape index (κ3) is 3.21. The van der Waals surface area contributed by atoms with Crippen molar-refractivity contribution in [2.75, 3.05) is 24.6 Å². The number of fused-ring (bicyclic) bond motifs is 1. The molecule has 31 heavy (non-hydrogen) atoms. The molecule has 2 saturated heterocycles. The minimum Gasteiger partial charge on any atom is -0.376 e. The van der Waals surface area contributed by atoms with Crippen molar-refractivity contribution in [2.45, 2.75) is 31.9 Å². The molecule has 2 atom stereocenters. The molecule has 3 aromatic heterocycles. The van der Waals surface area contributed by atoms with Crippen molar-refractivity contribution in [2.24, 2.45) is 25.2 Å². The summed E-state index contributed by atoms with van der Waals surface area (Å²) >= 11 is 0. The highest BCUT2D eigenvalue weighted by Gasteiger charge is 2.47. The van der Waals surface area contributed by atoms with Gasteiger partial charge in [-0.25, -0.2) is 4.98 Å². The lowest BCUT2D eigenvalue weighted by molar-refractivity contribution is 0.0973. The number of nitrogens with two attached hydrogens (primary N) is 1. The van der Waals surface area contributed by atoms with Crippen molar-refractivity contribution < 1.29 is 4.74 Å². The zero-order valence-electron chi connectivity index (χ0n) is 17.9. The quantitative estimate of drug-likeness (QED) is 0.535. The number of hydrogen-bond donors (Lipinski definition) is 2. The molecule has 3 N–H and O–H groups in total. The number of nitrogens with zero attached hydrogens (tertiary/aromatic N) is 6. The lowest BCUT2D eigenvalue weighted by Gasteiger charge is -2.41. The molecule has 10 heteroatoms. The molecule has 2 fully saturated rings. The first-order valence-corrected chi connectivity index (χ1v) is 10.5. The van der Waals surface area contributed by atoms with Crippen molar-refractivity contribution in [3.63, 3.8) is 0 Å². The van der Waals surface area contributed by atoms with Crippen LogP contribution < -0.4 is 16.2 Å². The molecule has 162 valence electrons. The van der Waals surface area contributed by atoms with Gasteiger partial charge in [0.05, 0.1) is 19.0 Å². The van der Waals surface area contributed by atoms with Gasteiger partial charge >= 0.3 is 0 Å². The minimum absolute atomic E-state index is 0.0150. The predicted molar refractivity (Wildman–Crippen MR) is 116 cm³/mol. The highest BCUT2D eigenvalue weighted by molar-refractivity contribution is 5.81. The van der Waals surface area contributed by atoms with Crippen LogP contribution in [-0.4, -0.2) is 61.1 Å². The van der Waals surface area contributed by atoms with Gasteiger partial charge in [-0.3, -0.25) is 14.5 Å². The lowest BCUT2D eigenvalue weighted by atomic mass is 9.73. The number of nitrogens with one attached hydrogen (secondary N) is 1. The molecule has 0 amide bonds. The standard InChI is InChI=1S/C21H26N8O2/c1-13-17(22)21(11-31-13)6-8-29(9-7-21)20-24-18-16(19(30)28(20)3)15(25-26-18)5-4-14-10-27(2)12-23-14/h10,12-13,17H,6-9,11,22H2,1-3H3,(H,25,26)/t13-,17+/m0/s1. The summed E-state index contributed by atoms with van der Waals surface area (Å²) in [5.74, 6) is 6.51. The van der Waals surface area contributed by atoms with Crippen molar-refractivity contribution in [1.29, 1.82) is 0 Å². The number of piperidine rings is 1. The zero-order valence-corrected chi connectivity index (χ0v) is 17.9. The monoisotopic (exact) mass is 422 g/mol. The van der Waals surface area contributed by atoms with Crippen LogP contribution in [0.1, 0.15) is 31.2 Å². The number of anilines is 1. The Morgan fingerprint density at radius 3 is 2.71 bits per heavy atom. The normalized spacial score (nSPS) is 22.8. The second kappa shape index (κ2) is 7.21. The maximum absolute atomic E-state index is 13.1. The van der Waals surface area contributed by atoms with Crippen LogP contribution in [0.4, 0.5) is 5.95 Å². The van der Waals surface area contributed by atoms with E-state index in [1.54, 1.807) is 17.9 Å². The summed E-state index contributed by atoms with van der Waals surface area (Å²) in [6.07, 6.45) is 5.39. The predicted octanol–water partition coefficient (Wildman–Crippen LogP) is 0.123. The zero-order chi connectivity index (χ0) is 21.8. The third-order valence-corrected chi connectivity index (χ3v) is 6.68. The SMILES string of the molecule is C[C@@H]1OCC2(CCN(c3nc4[nH]nc(C#Cc5cn(C)cn5)c4c(=O)n3C)CC2)[C@@H]1N. The fourth-order valence-corrected chi connectivity index (χ4v) is 4.65. The second-order valence-electron chi connectivity index (χ2n) is 8.64. The second-order valence-corrected chi connectivity index (χ2v) is 8.64. The van der Waals surface area contributed by atoms with Crippen LogP contribution in [0, 0.1) is 17.3 Å². The topological polar surface area (TPSA) is 120 Å². The van der Waals surface area contributed by atoms with E-state index in [4.69, 9.17) is 15.5 Å². The molecule has 0 radical (unpaired) electrons. The lowest BCUT2D eigenvalue weighted by Crippen LogP contribution is -2.51. The molecule has 0 aromatic carbocycles. The van der Waals surface area contributed by atoms with Crippen LogP contribution in [0.2, 0.25) is 0 Å². The Kier molecular flexibility index (Phi) is 4.60. The van der Waals surface area contributed by atoms with Crippen LogP contribution in [-0.2, 0) is 18.8 Å². The van der Waals surface area contributed by atoms with Gasteiger partial charge in [0.2, 0.25) is 5.95 Å². The van der Waals surface area contributed by atoms with E-state index >= 15 is 0 Å². The van der Waals surface area contributed by atoms with Crippen molar-refractivity contribution in [1.82, 2.24) is 29.3 Å². The number of hydrogen-bond acceptors (Lipinski definition) is 7. The Hall–Kier alpha value is -3.16. The van der Waals surface area contributed by atoms with E-state index in [0.717, 1.165) is 25.9 Å². The Bertz CT molecular complexity index is 1250. The van der Waals surface area contributed by atoms with E-state index < -0.39 is 0 Å². The largest absolute Gasteiger partial charge is 0.376 e. The van der Waals surface area contributed by atoms with Crippen molar-refractivity contribution >= 4 is 17.0 Å². The van der Waals surface area contributed by atoms with Crippen molar-refractivity contribution in [3.05, 3.63) is 34.3 Å². The number of aromatic amines is 1. The maximum Gasteiger partial charge on any atom is 0.267 e. The molecular weight excluding hydrogens is 396 g/mol. The van der Waals surface area contributed by atoms with Gasteiger partial charge in [0.15, 0.2) is 11.3 Å². The number of aromatic nitrogens is 6. The summed E-state index contributed by atoms with van der Waals surface area (Å²) in [5, 5.41) is 7.48. The first-order chi connectivity index (χ1) is 14.9. The molecule has 0 bridgehead atoms. The summed E-state index contributed by atoms with van der Waals surface area (Å²) in [6.45, 7) is 4.29. The number of rotatable bonds is 1. The van der Waals surface area contributed by atoms with Gasteiger partial charge in [0.25, 0.3) is 5.56 Å². The molecule has 2 aliphatic rings. The fourth-order valence-electron chi connectivity index (χ4n) is 4.65. The number of ether oxygens (including phenoxy) is 1. The third-order valence-electron chi connectivity index (χ3n) is 6.68. The summed E-state index contributed by atoms with van der Waals surface area (Å²) < 4.78 is 9.20. The Morgan fingerprint density at radius 1 is 1.29 bits per heavy atom. The molecule has 1 spiro atoms. The van der Waals surface area contributed by atoms with Gasteiger partial charge in [-0.2, -0.15) is 10.1 Å². The van der Waals surface area contributed by atoms with Gasteiger partial charge in [-0.05, 0) is 31.6 Å². The van der Waals surface area contributed by atoms with E-state index in [2.05, 4.69) is 31.9 Å². The van der Waals surface area contributed by atoms with Crippen molar-refractivity contribution in [3.8, 4) is 11.8 Å². The highest BCUT2D eigenvalue weighted by Crippen LogP contribution is 2.41. The Balaban J connectivity index is 1.44. The van der Waals surface area contributed by atoms with Crippen LogP contribution in [0.25, 0.3) is 11.0 Å². The van der Waals surface area contributed by atoms with Gasteiger partial charge in [0.1, 0.15) is 11.1 Å². The molecule has 0 aliphatic carbocycles. The van der Waals surface area contributed by atoms with Crippen LogP contribution in [0.5, 0.6) is 0 Å². The first kappa shape index (κ1) is 19.8. The number of H-pyrrole nitrogens is 1. The number of imidazole rings is 1. The Labute approximate surface area is 179 Å². The van der Waals surface area contributed by atoms with E-state index in [1.807, 2.05) is 24.7 Å². The summed E-state index contributed by atoms with van der Waals surface area (Å²) in [7, 11) is 3.61. The average molecular weight is 422 g/mol. The summed E-state index contributed by atoms with van der Waals surface area (Å²) in [4.78, 5) is 24.2. The van der Waals surface area contributed by atoms with Gasteiger partial charge in [-0.1, -0.05) is 0 Å².